The predicted molar refractivity (Wildman–Crippen MR) is 103 cm³/mol. The van der Waals surface area contributed by atoms with E-state index in [1.54, 1.807) is 25.4 Å². The quantitative estimate of drug-likeness (QED) is 0.683. The fraction of sp³-hybridized carbons (Fsp3) is 0.200. The van der Waals surface area contributed by atoms with Gasteiger partial charge in [0.15, 0.2) is 23.2 Å². The van der Waals surface area contributed by atoms with Gasteiger partial charge >= 0.3 is 0 Å². The first-order valence-electron chi connectivity index (χ1n) is 8.20. The van der Waals surface area contributed by atoms with Gasteiger partial charge in [-0.2, -0.15) is 0 Å². The minimum Gasteiger partial charge on any atom is -0.493 e. The van der Waals surface area contributed by atoms with Gasteiger partial charge < -0.3 is 9.47 Å². The third-order valence-corrected chi connectivity index (χ3v) is 4.64. The second-order valence-electron chi connectivity index (χ2n) is 5.78. The molecule has 0 atom stereocenters. The van der Waals surface area contributed by atoms with Gasteiger partial charge in [0, 0.05) is 17.5 Å². The predicted octanol–water partition coefficient (Wildman–Crippen LogP) is 4.07. The zero-order valence-electron chi connectivity index (χ0n) is 14.7. The number of thiazole rings is 1. The Hall–Kier alpha value is -2.86. The van der Waals surface area contributed by atoms with Crippen LogP contribution in [0.3, 0.4) is 0 Å². The monoisotopic (exact) mass is 368 g/mol. The molecule has 5 nitrogen and oxygen atoms in total. The number of nitrogens with zero attached hydrogens (tertiary/aromatic N) is 1. The first-order chi connectivity index (χ1) is 12.6. The SMILES string of the molecule is COc1ccccc1OCC(=O)Nc1ncc(Cc2ccc(C)cc2)s1. The number of hydrogen-bond acceptors (Lipinski definition) is 5. The number of nitrogens with one attached hydrogen (secondary N) is 1. The standard InChI is InChI=1S/C20H20N2O3S/c1-14-7-9-15(10-8-14)11-16-12-21-20(26-16)22-19(23)13-25-18-6-4-3-5-17(18)24-2/h3-10,12H,11,13H2,1-2H3,(H,21,22,23). The number of carbonyl (C=O) groups excluding carboxylic acids is 1. The first-order valence-corrected chi connectivity index (χ1v) is 9.01. The number of hydrogen-bond donors (Lipinski definition) is 1. The number of rotatable bonds is 7. The van der Waals surface area contributed by atoms with E-state index in [9.17, 15) is 4.79 Å². The van der Waals surface area contributed by atoms with Crippen molar-refractivity contribution >= 4 is 22.4 Å². The molecule has 6 heteroatoms. The van der Waals surface area contributed by atoms with Crippen LogP contribution in [-0.4, -0.2) is 24.6 Å². The highest BCUT2D eigenvalue weighted by atomic mass is 32.1. The van der Waals surface area contributed by atoms with Crippen LogP contribution in [0.15, 0.2) is 54.7 Å². The molecule has 134 valence electrons. The van der Waals surface area contributed by atoms with E-state index in [4.69, 9.17) is 9.47 Å². The second kappa shape index (κ2) is 8.49. The van der Waals surface area contributed by atoms with Gasteiger partial charge in [-0.15, -0.1) is 11.3 Å². The smallest absolute Gasteiger partial charge is 0.264 e. The van der Waals surface area contributed by atoms with Crippen LogP contribution in [-0.2, 0) is 11.2 Å². The number of methoxy groups -OCH3 is 1. The number of aryl methyl sites for hydroxylation is 1. The molecule has 26 heavy (non-hydrogen) atoms. The van der Waals surface area contributed by atoms with E-state index in [0.29, 0.717) is 16.6 Å². The first kappa shape index (κ1) is 17.9. The summed E-state index contributed by atoms with van der Waals surface area (Å²) < 4.78 is 10.7. The Kier molecular flexibility index (Phi) is 5.86. The highest BCUT2D eigenvalue weighted by molar-refractivity contribution is 7.15. The van der Waals surface area contributed by atoms with Crippen LogP contribution < -0.4 is 14.8 Å². The van der Waals surface area contributed by atoms with Crippen molar-refractivity contribution in [1.82, 2.24) is 4.98 Å². The van der Waals surface area contributed by atoms with Crippen LogP contribution in [0.5, 0.6) is 11.5 Å². The maximum atomic E-state index is 12.1. The van der Waals surface area contributed by atoms with E-state index in [-0.39, 0.29) is 12.5 Å². The van der Waals surface area contributed by atoms with Crippen LogP contribution >= 0.6 is 11.3 Å². The highest BCUT2D eigenvalue weighted by Crippen LogP contribution is 2.26. The molecule has 2 aromatic carbocycles. The van der Waals surface area contributed by atoms with E-state index in [0.717, 1.165) is 11.3 Å². The number of ether oxygens (including phenoxy) is 2. The minimum absolute atomic E-state index is 0.104. The van der Waals surface area contributed by atoms with Crippen molar-refractivity contribution in [1.29, 1.82) is 0 Å². The van der Waals surface area contributed by atoms with Gasteiger partial charge in [-0.3, -0.25) is 10.1 Å². The summed E-state index contributed by atoms with van der Waals surface area (Å²) in [7, 11) is 1.56. The van der Waals surface area contributed by atoms with Crippen LogP contribution in [0.1, 0.15) is 16.0 Å². The average Bonchev–Trinajstić information content (AvgIpc) is 3.09. The van der Waals surface area contributed by atoms with Crippen molar-refractivity contribution in [2.75, 3.05) is 19.0 Å². The molecule has 1 N–H and O–H groups in total. The van der Waals surface area contributed by atoms with Gasteiger partial charge in [0.2, 0.25) is 0 Å². The lowest BCUT2D eigenvalue weighted by molar-refractivity contribution is -0.118. The summed E-state index contributed by atoms with van der Waals surface area (Å²) in [6.45, 7) is 1.96. The van der Waals surface area contributed by atoms with Gasteiger partial charge in [-0.25, -0.2) is 4.98 Å². The summed E-state index contributed by atoms with van der Waals surface area (Å²) >= 11 is 1.47. The number of carbonyl (C=O) groups is 1. The summed E-state index contributed by atoms with van der Waals surface area (Å²) in [4.78, 5) is 17.4. The molecule has 3 rings (SSSR count). The van der Waals surface area contributed by atoms with Gasteiger partial charge in [-0.1, -0.05) is 42.0 Å². The van der Waals surface area contributed by atoms with E-state index in [1.165, 1.54) is 22.5 Å². The lowest BCUT2D eigenvalue weighted by Crippen LogP contribution is -2.20. The molecule has 0 spiro atoms. The molecule has 0 bridgehead atoms. The Labute approximate surface area is 156 Å². The van der Waals surface area contributed by atoms with Crippen molar-refractivity contribution in [3.8, 4) is 11.5 Å². The van der Waals surface area contributed by atoms with Crippen molar-refractivity contribution < 1.29 is 14.3 Å². The van der Waals surface area contributed by atoms with Gasteiger partial charge in [0.25, 0.3) is 5.91 Å². The number of benzene rings is 2. The molecule has 0 unspecified atom stereocenters. The van der Waals surface area contributed by atoms with E-state index in [2.05, 4.69) is 41.5 Å². The largest absolute Gasteiger partial charge is 0.493 e. The molecule has 1 aromatic heterocycles. The number of anilines is 1. The van der Waals surface area contributed by atoms with Crippen molar-refractivity contribution in [3.63, 3.8) is 0 Å². The molecule has 0 aliphatic rings. The zero-order chi connectivity index (χ0) is 18.4. The van der Waals surface area contributed by atoms with E-state index in [1.807, 2.05) is 12.1 Å². The molecule has 1 amide bonds. The maximum absolute atomic E-state index is 12.1. The zero-order valence-corrected chi connectivity index (χ0v) is 15.5. The summed E-state index contributed by atoms with van der Waals surface area (Å²) in [5, 5.41) is 3.34. The lowest BCUT2D eigenvalue weighted by Gasteiger charge is -2.09. The topological polar surface area (TPSA) is 60.5 Å². The Bertz CT molecular complexity index is 875. The third kappa shape index (κ3) is 4.83. The minimum atomic E-state index is -0.257. The molecular formula is C20H20N2O3S. The van der Waals surface area contributed by atoms with Crippen molar-refractivity contribution in [2.45, 2.75) is 13.3 Å². The highest BCUT2D eigenvalue weighted by Gasteiger charge is 2.10. The summed E-state index contributed by atoms with van der Waals surface area (Å²) in [5.74, 6) is 0.867. The number of para-hydroxylation sites is 2. The molecule has 0 saturated carbocycles. The summed E-state index contributed by atoms with van der Waals surface area (Å²) in [6, 6.07) is 15.6. The van der Waals surface area contributed by atoms with E-state index >= 15 is 0 Å². The van der Waals surface area contributed by atoms with Crippen molar-refractivity contribution in [2.24, 2.45) is 0 Å². The number of aromatic nitrogens is 1. The molecule has 0 radical (unpaired) electrons. The Morgan fingerprint density at radius 1 is 1.12 bits per heavy atom. The second-order valence-corrected chi connectivity index (χ2v) is 6.90. The van der Waals surface area contributed by atoms with Crippen molar-refractivity contribution in [3.05, 3.63) is 70.7 Å². The Balaban J connectivity index is 1.53. The molecule has 0 aliphatic carbocycles. The maximum Gasteiger partial charge on any atom is 0.264 e. The number of amides is 1. The molecular weight excluding hydrogens is 348 g/mol. The summed E-state index contributed by atoms with van der Waals surface area (Å²) in [5.41, 5.74) is 2.46. The molecule has 1 heterocycles. The molecule has 0 aliphatic heterocycles. The Morgan fingerprint density at radius 3 is 2.58 bits per heavy atom. The molecule has 0 fully saturated rings. The van der Waals surface area contributed by atoms with Crippen LogP contribution in [0.2, 0.25) is 0 Å². The molecule has 3 aromatic rings. The van der Waals surface area contributed by atoms with E-state index < -0.39 is 0 Å². The Morgan fingerprint density at radius 2 is 1.85 bits per heavy atom. The van der Waals surface area contributed by atoms with Crippen LogP contribution in [0.4, 0.5) is 5.13 Å². The average molecular weight is 368 g/mol. The van der Waals surface area contributed by atoms with Gasteiger partial charge in [-0.05, 0) is 24.6 Å². The van der Waals surface area contributed by atoms with Crippen LogP contribution in [0, 0.1) is 6.92 Å². The molecule has 0 saturated heterocycles. The fourth-order valence-electron chi connectivity index (χ4n) is 2.39. The normalized spacial score (nSPS) is 10.4. The van der Waals surface area contributed by atoms with Gasteiger partial charge in [0.1, 0.15) is 0 Å². The fourth-order valence-corrected chi connectivity index (χ4v) is 3.25. The van der Waals surface area contributed by atoms with Crippen LogP contribution in [0.25, 0.3) is 0 Å². The lowest BCUT2D eigenvalue weighted by atomic mass is 10.1. The summed E-state index contributed by atoms with van der Waals surface area (Å²) in [6.07, 6.45) is 2.59. The third-order valence-electron chi connectivity index (χ3n) is 3.73. The van der Waals surface area contributed by atoms with Gasteiger partial charge in [0.05, 0.1) is 7.11 Å².